The number of nitrogens with one attached hydrogen (secondary N) is 1. The smallest absolute Gasteiger partial charge is 0.237 e. The van der Waals surface area contributed by atoms with Crippen molar-refractivity contribution in [3.8, 4) is 0 Å². The molecule has 1 aliphatic heterocycles. The van der Waals surface area contributed by atoms with Crippen molar-refractivity contribution in [2.45, 2.75) is 52.2 Å². The fraction of sp³-hybridized carbons (Fsp3) is 0.500. The van der Waals surface area contributed by atoms with Gasteiger partial charge in [-0.3, -0.25) is 14.4 Å². The molecule has 1 amide bonds. The largest absolute Gasteiger partial charge is 0.348 e. The van der Waals surface area contributed by atoms with Gasteiger partial charge in [-0.2, -0.15) is 5.10 Å². The van der Waals surface area contributed by atoms with Gasteiger partial charge in [0.05, 0.1) is 17.8 Å². The van der Waals surface area contributed by atoms with Gasteiger partial charge in [0.25, 0.3) is 0 Å². The zero-order chi connectivity index (χ0) is 18.0. The normalized spacial score (nSPS) is 19.1. The quantitative estimate of drug-likeness (QED) is 0.910. The Labute approximate surface area is 150 Å². The van der Waals surface area contributed by atoms with Crippen LogP contribution in [0.4, 0.5) is 0 Å². The van der Waals surface area contributed by atoms with Crippen LogP contribution < -0.4 is 5.32 Å². The van der Waals surface area contributed by atoms with Crippen LogP contribution in [-0.4, -0.2) is 33.2 Å². The standard InChI is InChI=1S/C20H28N4O/c1-14(19-15(2)22-23(4)16(19)3)21-20(25)18-11-8-12-24(18)13-17-9-6-5-7-10-17/h5-7,9-10,14,18H,8,11-13H2,1-4H3,(H,21,25)/t14-,18+/m1/s1. The average Bonchev–Trinajstić information content (AvgIpc) is 3.13. The van der Waals surface area contributed by atoms with Crippen molar-refractivity contribution in [3.05, 3.63) is 52.8 Å². The second kappa shape index (κ2) is 7.40. The Kier molecular flexibility index (Phi) is 5.23. The number of nitrogens with zero attached hydrogens (tertiary/aromatic N) is 3. The fourth-order valence-corrected chi connectivity index (χ4v) is 3.93. The predicted molar refractivity (Wildman–Crippen MR) is 99.1 cm³/mol. The molecule has 0 spiro atoms. The van der Waals surface area contributed by atoms with Gasteiger partial charge in [-0.25, -0.2) is 0 Å². The molecule has 1 aromatic carbocycles. The first kappa shape index (κ1) is 17.7. The first-order valence-corrected chi connectivity index (χ1v) is 9.06. The molecular formula is C20H28N4O. The van der Waals surface area contributed by atoms with Gasteiger partial charge in [-0.15, -0.1) is 0 Å². The topological polar surface area (TPSA) is 50.2 Å². The number of rotatable bonds is 5. The molecule has 0 saturated carbocycles. The van der Waals surface area contributed by atoms with Crippen LogP contribution in [0.1, 0.15) is 48.3 Å². The van der Waals surface area contributed by atoms with Gasteiger partial charge in [0.2, 0.25) is 5.91 Å². The van der Waals surface area contributed by atoms with E-state index in [2.05, 4.69) is 46.5 Å². The highest BCUT2D eigenvalue weighted by atomic mass is 16.2. The zero-order valence-electron chi connectivity index (χ0n) is 15.6. The summed E-state index contributed by atoms with van der Waals surface area (Å²) < 4.78 is 1.88. The van der Waals surface area contributed by atoms with Crippen LogP contribution in [0, 0.1) is 13.8 Å². The first-order chi connectivity index (χ1) is 12.0. The highest BCUT2D eigenvalue weighted by Gasteiger charge is 2.32. The van der Waals surface area contributed by atoms with E-state index in [-0.39, 0.29) is 18.0 Å². The number of hydrogen-bond donors (Lipinski definition) is 1. The third kappa shape index (κ3) is 3.76. The monoisotopic (exact) mass is 340 g/mol. The van der Waals surface area contributed by atoms with E-state index in [1.807, 2.05) is 31.6 Å². The van der Waals surface area contributed by atoms with Crippen molar-refractivity contribution in [3.63, 3.8) is 0 Å². The summed E-state index contributed by atoms with van der Waals surface area (Å²) in [6.45, 7) is 7.91. The van der Waals surface area contributed by atoms with Gasteiger partial charge in [-0.1, -0.05) is 30.3 Å². The molecule has 0 bridgehead atoms. The van der Waals surface area contributed by atoms with E-state index in [0.717, 1.165) is 42.9 Å². The van der Waals surface area contributed by atoms with E-state index in [9.17, 15) is 4.79 Å². The highest BCUT2D eigenvalue weighted by Crippen LogP contribution is 2.24. The van der Waals surface area contributed by atoms with Crippen LogP contribution >= 0.6 is 0 Å². The Morgan fingerprint density at radius 3 is 2.68 bits per heavy atom. The molecule has 1 aromatic heterocycles. The maximum atomic E-state index is 12.9. The Balaban J connectivity index is 1.67. The molecular weight excluding hydrogens is 312 g/mol. The lowest BCUT2D eigenvalue weighted by molar-refractivity contribution is -0.126. The third-order valence-corrected chi connectivity index (χ3v) is 5.25. The maximum absolute atomic E-state index is 12.9. The summed E-state index contributed by atoms with van der Waals surface area (Å²) in [5.41, 5.74) is 4.48. The summed E-state index contributed by atoms with van der Waals surface area (Å²) >= 11 is 0. The molecule has 0 aliphatic carbocycles. The number of amides is 1. The van der Waals surface area contributed by atoms with E-state index >= 15 is 0 Å². The van der Waals surface area contributed by atoms with Gasteiger partial charge in [0, 0.05) is 24.8 Å². The summed E-state index contributed by atoms with van der Waals surface area (Å²) in [5.74, 6) is 0.128. The third-order valence-electron chi connectivity index (χ3n) is 5.25. The van der Waals surface area contributed by atoms with E-state index in [4.69, 9.17) is 0 Å². The number of carbonyl (C=O) groups excluding carboxylic acids is 1. The molecule has 0 unspecified atom stereocenters. The molecule has 2 heterocycles. The lowest BCUT2D eigenvalue weighted by atomic mass is 10.1. The van der Waals surface area contributed by atoms with Gasteiger partial charge in [0.1, 0.15) is 0 Å². The van der Waals surface area contributed by atoms with E-state index in [0.29, 0.717) is 0 Å². The molecule has 5 heteroatoms. The molecule has 25 heavy (non-hydrogen) atoms. The van der Waals surface area contributed by atoms with Crippen molar-refractivity contribution in [2.24, 2.45) is 7.05 Å². The van der Waals surface area contributed by atoms with Crippen LogP contribution in [0.5, 0.6) is 0 Å². The zero-order valence-corrected chi connectivity index (χ0v) is 15.6. The van der Waals surface area contributed by atoms with Crippen LogP contribution in [0.15, 0.2) is 30.3 Å². The van der Waals surface area contributed by atoms with Crippen molar-refractivity contribution in [1.29, 1.82) is 0 Å². The van der Waals surface area contributed by atoms with Crippen molar-refractivity contribution in [1.82, 2.24) is 20.0 Å². The molecule has 5 nitrogen and oxygen atoms in total. The Bertz CT molecular complexity index is 738. The van der Waals surface area contributed by atoms with Gasteiger partial charge >= 0.3 is 0 Å². The Morgan fingerprint density at radius 2 is 2.04 bits per heavy atom. The second-order valence-corrected chi connectivity index (χ2v) is 7.05. The summed E-state index contributed by atoms with van der Waals surface area (Å²) in [7, 11) is 1.94. The number of hydrogen-bond acceptors (Lipinski definition) is 3. The summed E-state index contributed by atoms with van der Waals surface area (Å²) in [6.07, 6.45) is 2.00. The van der Waals surface area contributed by atoms with Crippen molar-refractivity contribution in [2.75, 3.05) is 6.54 Å². The lowest BCUT2D eigenvalue weighted by Gasteiger charge is -2.25. The lowest BCUT2D eigenvalue weighted by Crippen LogP contribution is -2.43. The second-order valence-electron chi connectivity index (χ2n) is 7.05. The number of carbonyl (C=O) groups is 1. The SMILES string of the molecule is Cc1nn(C)c(C)c1[C@@H](C)NC(=O)[C@@H]1CCCN1Cc1ccccc1. The van der Waals surface area contributed by atoms with Gasteiger partial charge in [-0.05, 0) is 45.7 Å². The Hall–Kier alpha value is -2.14. The predicted octanol–water partition coefficient (Wildman–Crippen LogP) is 2.88. The van der Waals surface area contributed by atoms with Gasteiger partial charge < -0.3 is 5.32 Å². The van der Waals surface area contributed by atoms with Crippen LogP contribution in [0.25, 0.3) is 0 Å². The molecule has 3 rings (SSSR count). The average molecular weight is 340 g/mol. The number of likely N-dealkylation sites (tertiary alicyclic amines) is 1. The van der Waals surface area contributed by atoms with Crippen LogP contribution in [0.2, 0.25) is 0 Å². The van der Waals surface area contributed by atoms with E-state index in [1.54, 1.807) is 0 Å². The highest BCUT2D eigenvalue weighted by molar-refractivity contribution is 5.82. The number of aromatic nitrogens is 2. The molecule has 1 aliphatic rings. The molecule has 1 N–H and O–H groups in total. The van der Waals surface area contributed by atoms with E-state index < -0.39 is 0 Å². The summed E-state index contributed by atoms with van der Waals surface area (Å²) in [4.78, 5) is 15.2. The molecule has 0 radical (unpaired) electrons. The summed E-state index contributed by atoms with van der Waals surface area (Å²) in [6, 6.07) is 10.3. The Morgan fingerprint density at radius 1 is 1.32 bits per heavy atom. The molecule has 2 atom stereocenters. The van der Waals surface area contributed by atoms with Crippen LogP contribution in [-0.2, 0) is 18.4 Å². The minimum absolute atomic E-state index is 0.0274. The van der Waals surface area contributed by atoms with Crippen molar-refractivity contribution >= 4 is 5.91 Å². The van der Waals surface area contributed by atoms with Crippen LogP contribution in [0.3, 0.4) is 0 Å². The number of benzene rings is 1. The first-order valence-electron chi connectivity index (χ1n) is 9.06. The number of aryl methyl sites for hydroxylation is 2. The van der Waals surface area contributed by atoms with Gasteiger partial charge in [0.15, 0.2) is 0 Å². The molecule has 1 saturated heterocycles. The summed E-state index contributed by atoms with van der Waals surface area (Å²) in [5, 5.41) is 7.68. The maximum Gasteiger partial charge on any atom is 0.237 e. The fourth-order valence-electron chi connectivity index (χ4n) is 3.93. The minimum atomic E-state index is -0.0417. The molecule has 1 fully saturated rings. The molecule has 134 valence electrons. The minimum Gasteiger partial charge on any atom is -0.348 e. The molecule has 2 aromatic rings. The van der Waals surface area contributed by atoms with Crippen molar-refractivity contribution < 1.29 is 4.79 Å². The van der Waals surface area contributed by atoms with E-state index in [1.165, 1.54) is 5.56 Å².